The molecule has 0 spiro atoms. The molecule has 2 aromatic rings. The van der Waals surface area contributed by atoms with Crippen LogP contribution in [0, 0.1) is 6.92 Å². The summed E-state index contributed by atoms with van der Waals surface area (Å²) >= 11 is 1.69. The van der Waals surface area contributed by atoms with Crippen LogP contribution in [-0.2, 0) is 11.8 Å². The van der Waals surface area contributed by atoms with E-state index in [1.54, 1.807) is 17.5 Å². The van der Waals surface area contributed by atoms with Gasteiger partial charge in [0.25, 0.3) is 0 Å². The lowest BCUT2D eigenvalue weighted by atomic mass is 9.93. The molecule has 2 rings (SSSR count). The van der Waals surface area contributed by atoms with Crippen molar-refractivity contribution in [2.24, 2.45) is 0 Å². The van der Waals surface area contributed by atoms with Crippen molar-refractivity contribution < 1.29 is 0 Å². The molecule has 2 heterocycles. The number of nitrogens with two attached hydrogens (primary N) is 1. The highest BCUT2D eigenvalue weighted by atomic mass is 32.1. The molecule has 0 saturated heterocycles. The number of thiazole rings is 1. The van der Waals surface area contributed by atoms with E-state index in [0.717, 1.165) is 28.2 Å². The number of rotatable bonds is 2. The van der Waals surface area contributed by atoms with Gasteiger partial charge in [-0.3, -0.25) is 0 Å². The number of nitrogens with zero attached hydrogens (tertiary/aromatic N) is 2. The zero-order chi connectivity index (χ0) is 13.3. The van der Waals surface area contributed by atoms with Gasteiger partial charge in [0, 0.05) is 29.0 Å². The van der Waals surface area contributed by atoms with E-state index >= 15 is 0 Å². The topological polar surface area (TPSA) is 51.8 Å². The van der Waals surface area contributed by atoms with Crippen molar-refractivity contribution in [3.8, 4) is 0 Å². The van der Waals surface area contributed by atoms with Crippen molar-refractivity contribution in [1.29, 1.82) is 0 Å². The highest BCUT2D eigenvalue weighted by Crippen LogP contribution is 2.26. The molecule has 0 aliphatic rings. The molecule has 3 nitrogen and oxygen atoms in total. The zero-order valence-corrected chi connectivity index (χ0v) is 12.1. The molecular formula is C14H19N3S. The van der Waals surface area contributed by atoms with Gasteiger partial charge in [-0.1, -0.05) is 26.8 Å². The van der Waals surface area contributed by atoms with Crippen molar-refractivity contribution >= 4 is 17.2 Å². The summed E-state index contributed by atoms with van der Waals surface area (Å²) in [5.74, 6) is 0.605. The third-order valence-electron chi connectivity index (χ3n) is 2.80. The van der Waals surface area contributed by atoms with Gasteiger partial charge < -0.3 is 5.73 Å². The van der Waals surface area contributed by atoms with E-state index in [9.17, 15) is 0 Å². The second kappa shape index (κ2) is 4.69. The van der Waals surface area contributed by atoms with E-state index in [2.05, 4.69) is 42.2 Å². The third kappa shape index (κ3) is 2.88. The minimum atomic E-state index is 0.102. The third-order valence-corrected chi connectivity index (χ3v) is 3.65. The first-order valence-electron chi connectivity index (χ1n) is 6.02. The predicted molar refractivity (Wildman–Crippen MR) is 77.0 cm³/mol. The maximum Gasteiger partial charge on any atom is 0.126 e. The summed E-state index contributed by atoms with van der Waals surface area (Å²) < 4.78 is 0. The summed E-state index contributed by atoms with van der Waals surface area (Å²) in [6.45, 7) is 8.55. The van der Waals surface area contributed by atoms with Crippen molar-refractivity contribution in [3.63, 3.8) is 0 Å². The van der Waals surface area contributed by atoms with Crippen LogP contribution in [0.4, 0.5) is 5.82 Å². The molecule has 0 amide bonds. The second-order valence-electron chi connectivity index (χ2n) is 5.61. The van der Waals surface area contributed by atoms with Crippen molar-refractivity contribution in [2.75, 3.05) is 5.73 Å². The summed E-state index contributed by atoms with van der Waals surface area (Å²) in [6, 6.07) is 2.08. The van der Waals surface area contributed by atoms with Crippen molar-refractivity contribution in [2.45, 2.75) is 39.5 Å². The van der Waals surface area contributed by atoms with Gasteiger partial charge in [-0.2, -0.15) is 0 Å². The Labute approximate surface area is 112 Å². The van der Waals surface area contributed by atoms with Gasteiger partial charge in [-0.15, -0.1) is 11.3 Å². The monoisotopic (exact) mass is 261 g/mol. The molecule has 0 saturated carbocycles. The van der Waals surface area contributed by atoms with E-state index in [1.807, 2.05) is 6.92 Å². The van der Waals surface area contributed by atoms with Gasteiger partial charge in [0.1, 0.15) is 5.82 Å². The predicted octanol–water partition coefficient (Wildman–Crippen LogP) is 3.32. The normalized spacial score (nSPS) is 11.8. The number of aryl methyl sites for hydroxylation is 1. The molecule has 18 heavy (non-hydrogen) atoms. The lowest BCUT2D eigenvalue weighted by Crippen LogP contribution is -2.11. The maximum atomic E-state index is 5.90. The van der Waals surface area contributed by atoms with Crippen LogP contribution in [0.25, 0.3) is 0 Å². The average Bonchev–Trinajstić information content (AvgIpc) is 2.71. The average molecular weight is 261 g/mol. The fourth-order valence-electron chi connectivity index (χ4n) is 1.68. The van der Waals surface area contributed by atoms with E-state index in [0.29, 0.717) is 5.82 Å². The molecule has 2 aromatic heterocycles. The Morgan fingerprint density at radius 3 is 2.67 bits per heavy atom. The largest absolute Gasteiger partial charge is 0.383 e. The standard InChI is InChI=1S/C14H19N3S/c1-9-5-10(13(15)16-7-9)6-12-17-11(8-18-12)14(2,3)4/h5,7-8H,6H2,1-4H3,(H2,15,16). The van der Waals surface area contributed by atoms with Crippen LogP contribution in [0.1, 0.15) is 42.6 Å². The van der Waals surface area contributed by atoms with Crippen molar-refractivity contribution in [1.82, 2.24) is 9.97 Å². The number of hydrogen-bond acceptors (Lipinski definition) is 4. The van der Waals surface area contributed by atoms with Crippen molar-refractivity contribution in [3.05, 3.63) is 39.5 Å². The Morgan fingerprint density at radius 2 is 2.06 bits per heavy atom. The molecule has 0 aromatic carbocycles. The summed E-state index contributed by atoms with van der Waals surface area (Å²) in [5, 5.41) is 3.23. The second-order valence-corrected chi connectivity index (χ2v) is 6.55. The maximum absolute atomic E-state index is 5.90. The smallest absolute Gasteiger partial charge is 0.126 e. The zero-order valence-electron chi connectivity index (χ0n) is 11.3. The minimum absolute atomic E-state index is 0.102. The molecule has 0 bridgehead atoms. The van der Waals surface area contributed by atoms with Crippen LogP contribution in [0.15, 0.2) is 17.6 Å². The molecule has 0 aliphatic carbocycles. The lowest BCUT2D eigenvalue weighted by Gasteiger charge is -2.14. The van der Waals surface area contributed by atoms with Crippen LogP contribution >= 0.6 is 11.3 Å². The summed E-state index contributed by atoms with van der Waals surface area (Å²) in [4.78, 5) is 8.87. The van der Waals surface area contributed by atoms with Gasteiger partial charge in [0.15, 0.2) is 0 Å². The molecule has 0 unspecified atom stereocenters. The van der Waals surface area contributed by atoms with Crippen LogP contribution in [-0.4, -0.2) is 9.97 Å². The highest BCUT2D eigenvalue weighted by molar-refractivity contribution is 7.09. The fraction of sp³-hybridized carbons (Fsp3) is 0.429. The van der Waals surface area contributed by atoms with Gasteiger partial charge in [-0.25, -0.2) is 9.97 Å². The van der Waals surface area contributed by atoms with E-state index < -0.39 is 0 Å². The van der Waals surface area contributed by atoms with Gasteiger partial charge in [-0.05, 0) is 12.5 Å². The first-order valence-corrected chi connectivity index (χ1v) is 6.90. The van der Waals surface area contributed by atoms with Crippen LogP contribution in [0.2, 0.25) is 0 Å². The highest BCUT2D eigenvalue weighted by Gasteiger charge is 2.17. The summed E-state index contributed by atoms with van der Waals surface area (Å²) in [5.41, 5.74) is 9.33. The molecule has 96 valence electrons. The summed E-state index contributed by atoms with van der Waals surface area (Å²) in [6.07, 6.45) is 2.56. The molecule has 0 atom stereocenters. The number of nitrogen functional groups attached to an aromatic ring is 1. The Hall–Kier alpha value is -1.42. The first-order chi connectivity index (χ1) is 8.36. The molecule has 4 heteroatoms. The molecule has 0 radical (unpaired) electrons. The number of pyridine rings is 1. The van der Waals surface area contributed by atoms with Gasteiger partial charge >= 0.3 is 0 Å². The number of anilines is 1. The van der Waals surface area contributed by atoms with Gasteiger partial charge in [0.2, 0.25) is 0 Å². The first kappa shape index (κ1) is 13.0. The Morgan fingerprint density at radius 1 is 1.33 bits per heavy atom. The van der Waals surface area contributed by atoms with Crippen LogP contribution in [0.3, 0.4) is 0 Å². The SMILES string of the molecule is Cc1cnc(N)c(Cc2nc(C(C)(C)C)cs2)c1. The molecule has 2 N–H and O–H groups in total. The fourth-order valence-corrected chi connectivity index (χ4v) is 2.73. The molecule has 0 fully saturated rings. The van der Waals surface area contributed by atoms with Crippen LogP contribution < -0.4 is 5.73 Å². The Bertz CT molecular complexity index is 552. The van der Waals surface area contributed by atoms with Crippen LogP contribution in [0.5, 0.6) is 0 Å². The number of aromatic nitrogens is 2. The van der Waals surface area contributed by atoms with E-state index in [-0.39, 0.29) is 5.41 Å². The minimum Gasteiger partial charge on any atom is -0.383 e. The van der Waals surface area contributed by atoms with E-state index in [1.165, 1.54) is 0 Å². The van der Waals surface area contributed by atoms with Gasteiger partial charge in [0.05, 0.1) is 10.7 Å². The van der Waals surface area contributed by atoms with E-state index in [4.69, 9.17) is 5.73 Å². The number of hydrogen-bond donors (Lipinski definition) is 1. The Balaban J connectivity index is 2.24. The summed E-state index contributed by atoms with van der Waals surface area (Å²) in [7, 11) is 0. The molecule has 0 aliphatic heterocycles. The molecular weight excluding hydrogens is 242 g/mol. The quantitative estimate of drug-likeness (QED) is 0.902. The Kier molecular flexibility index (Phi) is 3.39. The lowest BCUT2D eigenvalue weighted by molar-refractivity contribution is 0.571.